The van der Waals surface area contributed by atoms with Crippen molar-refractivity contribution in [2.75, 3.05) is 20.2 Å². The average Bonchev–Trinajstić information content (AvgIpc) is 2.57. The zero-order chi connectivity index (χ0) is 17.3. The molecule has 0 radical (unpaired) electrons. The molecule has 2 aromatic carbocycles. The fraction of sp³-hybridized carbons (Fsp3) is 0.250. The van der Waals surface area contributed by atoms with Gasteiger partial charge in [-0.3, -0.25) is 0 Å². The van der Waals surface area contributed by atoms with E-state index < -0.39 is 27.8 Å². The SMILES string of the molecule is CN(C[C@H]1COc2ccccc2O1)S(=O)(=O)c1ccc(F)c(F)c1. The summed E-state index contributed by atoms with van der Waals surface area (Å²) in [5.41, 5.74) is 0. The maximum Gasteiger partial charge on any atom is 0.243 e. The molecule has 0 bridgehead atoms. The molecule has 2 aromatic rings. The lowest BCUT2D eigenvalue weighted by atomic mass is 10.2. The van der Waals surface area contributed by atoms with Crippen LogP contribution in [0.5, 0.6) is 11.5 Å². The molecule has 0 aliphatic carbocycles. The van der Waals surface area contributed by atoms with Gasteiger partial charge in [-0.2, -0.15) is 4.31 Å². The first-order chi connectivity index (χ1) is 11.4. The van der Waals surface area contributed by atoms with Crippen molar-refractivity contribution >= 4 is 10.0 Å². The van der Waals surface area contributed by atoms with E-state index in [1.54, 1.807) is 18.2 Å². The summed E-state index contributed by atoms with van der Waals surface area (Å²) in [7, 11) is -2.62. The molecule has 0 saturated carbocycles. The second-order valence-corrected chi connectivity index (χ2v) is 7.40. The Morgan fingerprint density at radius 2 is 1.83 bits per heavy atom. The van der Waals surface area contributed by atoms with Gasteiger partial charge in [-0.15, -0.1) is 0 Å². The second kappa shape index (κ2) is 6.37. The Kier molecular flexibility index (Phi) is 4.42. The Morgan fingerprint density at radius 3 is 2.54 bits per heavy atom. The first-order valence-corrected chi connectivity index (χ1v) is 8.62. The van der Waals surface area contributed by atoms with Crippen LogP contribution in [0, 0.1) is 11.6 Å². The predicted octanol–water partition coefficient (Wildman–Crippen LogP) is 2.43. The molecule has 0 saturated heterocycles. The lowest BCUT2D eigenvalue weighted by Gasteiger charge is -2.29. The standard InChI is InChI=1S/C16H15F2NO4S/c1-19(24(20,21)12-6-7-13(17)14(18)8-12)9-11-10-22-15-4-2-3-5-16(15)23-11/h2-8,11H,9-10H2,1H3/t11-/m0/s1. The fourth-order valence-electron chi connectivity index (χ4n) is 2.36. The van der Waals surface area contributed by atoms with Gasteiger partial charge in [-0.05, 0) is 30.3 Å². The number of nitrogens with zero attached hydrogens (tertiary/aromatic N) is 1. The monoisotopic (exact) mass is 355 g/mol. The molecule has 8 heteroatoms. The molecule has 0 unspecified atom stereocenters. The Morgan fingerprint density at radius 1 is 1.12 bits per heavy atom. The Labute approximate surface area is 138 Å². The number of ether oxygens (including phenoxy) is 2. The molecule has 1 aliphatic heterocycles. The highest BCUT2D eigenvalue weighted by atomic mass is 32.2. The number of para-hydroxylation sites is 2. The summed E-state index contributed by atoms with van der Waals surface area (Å²) in [4.78, 5) is -0.318. The first kappa shape index (κ1) is 16.7. The third kappa shape index (κ3) is 3.20. The minimum atomic E-state index is -3.96. The van der Waals surface area contributed by atoms with Crippen molar-refractivity contribution in [2.45, 2.75) is 11.0 Å². The van der Waals surface area contributed by atoms with E-state index in [9.17, 15) is 17.2 Å². The van der Waals surface area contributed by atoms with Crippen molar-refractivity contribution in [1.82, 2.24) is 4.31 Å². The van der Waals surface area contributed by atoms with E-state index in [-0.39, 0.29) is 18.0 Å². The topological polar surface area (TPSA) is 55.8 Å². The van der Waals surface area contributed by atoms with E-state index >= 15 is 0 Å². The van der Waals surface area contributed by atoms with Gasteiger partial charge in [-0.1, -0.05) is 12.1 Å². The van der Waals surface area contributed by atoms with Crippen LogP contribution in [0.1, 0.15) is 0 Å². The van der Waals surface area contributed by atoms with Crippen LogP contribution in [-0.4, -0.2) is 39.0 Å². The van der Waals surface area contributed by atoms with E-state index in [4.69, 9.17) is 9.47 Å². The third-order valence-electron chi connectivity index (χ3n) is 3.63. The lowest BCUT2D eigenvalue weighted by molar-refractivity contribution is 0.0798. The van der Waals surface area contributed by atoms with E-state index in [0.717, 1.165) is 16.4 Å². The van der Waals surface area contributed by atoms with E-state index in [2.05, 4.69) is 0 Å². The molecule has 0 aromatic heterocycles. The normalized spacial score (nSPS) is 17.1. The number of sulfonamides is 1. The molecule has 1 aliphatic rings. The van der Waals surface area contributed by atoms with Crippen molar-refractivity contribution in [2.24, 2.45) is 0 Å². The smallest absolute Gasteiger partial charge is 0.243 e. The van der Waals surface area contributed by atoms with Gasteiger partial charge in [0.15, 0.2) is 23.1 Å². The largest absolute Gasteiger partial charge is 0.486 e. The highest BCUT2D eigenvalue weighted by Gasteiger charge is 2.28. The van der Waals surface area contributed by atoms with Crippen molar-refractivity contribution in [3.63, 3.8) is 0 Å². The lowest BCUT2D eigenvalue weighted by Crippen LogP contribution is -2.41. The van der Waals surface area contributed by atoms with Crippen LogP contribution in [0.25, 0.3) is 0 Å². The van der Waals surface area contributed by atoms with E-state index in [1.807, 2.05) is 6.07 Å². The number of hydrogen-bond acceptors (Lipinski definition) is 4. The van der Waals surface area contributed by atoms with Gasteiger partial charge in [0.2, 0.25) is 10.0 Å². The van der Waals surface area contributed by atoms with E-state index in [0.29, 0.717) is 17.6 Å². The zero-order valence-corrected chi connectivity index (χ0v) is 13.6. The number of rotatable bonds is 4. The first-order valence-electron chi connectivity index (χ1n) is 7.18. The van der Waals surface area contributed by atoms with Crippen LogP contribution in [0.4, 0.5) is 8.78 Å². The number of fused-ring (bicyclic) bond motifs is 1. The van der Waals surface area contributed by atoms with Gasteiger partial charge >= 0.3 is 0 Å². The van der Waals surface area contributed by atoms with Gasteiger partial charge in [0.1, 0.15) is 12.7 Å². The van der Waals surface area contributed by atoms with Gasteiger partial charge in [0.25, 0.3) is 0 Å². The summed E-state index contributed by atoms with van der Waals surface area (Å²) in [6.07, 6.45) is -0.509. The van der Waals surface area contributed by atoms with Gasteiger partial charge in [0.05, 0.1) is 11.4 Å². The summed E-state index contributed by atoms with van der Waals surface area (Å²) >= 11 is 0. The maximum absolute atomic E-state index is 13.3. The highest BCUT2D eigenvalue weighted by molar-refractivity contribution is 7.89. The summed E-state index contributed by atoms with van der Waals surface area (Å²) in [5, 5.41) is 0. The summed E-state index contributed by atoms with van der Waals surface area (Å²) < 4.78 is 63.5. The molecule has 3 rings (SSSR count). The molecule has 128 valence electrons. The van der Waals surface area contributed by atoms with Gasteiger partial charge < -0.3 is 9.47 Å². The van der Waals surface area contributed by atoms with Crippen LogP contribution in [0.2, 0.25) is 0 Å². The Hall–Kier alpha value is -2.19. The van der Waals surface area contributed by atoms with Crippen molar-refractivity contribution in [1.29, 1.82) is 0 Å². The minimum Gasteiger partial charge on any atom is -0.486 e. The molecular weight excluding hydrogens is 340 g/mol. The van der Waals surface area contributed by atoms with Crippen LogP contribution in [0.3, 0.4) is 0 Å². The Bertz CT molecular complexity index is 857. The Balaban J connectivity index is 1.74. The third-order valence-corrected chi connectivity index (χ3v) is 5.45. The quantitative estimate of drug-likeness (QED) is 0.845. The van der Waals surface area contributed by atoms with Crippen LogP contribution >= 0.6 is 0 Å². The van der Waals surface area contributed by atoms with Gasteiger partial charge in [0, 0.05) is 7.05 Å². The number of hydrogen-bond donors (Lipinski definition) is 0. The van der Waals surface area contributed by atoms with Gasteiger partial charge in [-0.25, -0.2) is 17.2 Å². The van der Waals surface area contributed by atoms with E-state index in [1.165, 1.54) is 7.05 Å². The van der Waals surface area contributed by atoms with Crippen molar-refractivity contribution in [3.8, 4) is 11.5 Å². The van der Waals surface area contributed by atoms with Crippen molar-refractivity contribution < 1.29 is 26.7 Å². The second-order valence-electron chi connectivity index (χ2n) is 5.36. The maximum atomic E-state index is 13.3. The zero-order valence-electron chi connectivity index (χ0n) is 12.8. The predicted molar refractivity (Wildman–Crippen MR) is 82.5 cm³/mol. The molecule has 0 N–H and O–H groups in total. The number of halogens is 2. The summed E-state index contributed by atoms with van der Waals surface area (Å²) in [6, 6.07) is 9.55. The molecule has 1 atom stereocenters. The molecule has 0 amide bonds. The summed E-state index contributed by atoms with van der Waals surface area (Å²) in [5.74, 6) is -1.18. The number of likely N-dealkylation sites (N-methyl/N-ethyl adjacent to an activating group) is 1. The molecule has 1 heterocycles. The van der Waals surface area contributed by atoms with Crippen LogP contribution in [0.15, 0.2) is 47.4 Å². The summed E-state index contributed by atoms with van der Waals surface area (Å²) in [6.45, 7) is 0.199. The fourth-order valence-corrected chi connectivity index (χ4v) is 3.57. The highest BCUT2D eigenvalue weighted by Crippen LogP contribution is 2.31. The van der Waals surface area contributed by atoms with Crippen LogP contribution < -0.4 is 9.47 Å². The number of benzene rings is 2. The average molecular weight is 355 g/mol. The molecule has 24 heavy (non-hydrogen) atoms. The molecular formula is C16H15F2NO4S. The minimum absolute atomic E-state index is 0.00959. The van der Waals surface area contributed by atoms with Crippen LogP contribution in [-0.2, 0) is 10.0 Å². The van der Waals surface area contributed by atoms with Crippen molar-refractivity contribution in [3.05, 3.63) is 54.1 Å². The molecule has 0 fully saturated rings. The molecule has 5 nitrogen and oxygen atoms in total. The molecule has 0 spiro atoms.